The SMILES string of the molecule is COC(C)(C)CCC(N)Cc1cc(F)cc(F)c1. The molecule has 0 aliphatic carbocycles. The van der Waals surface area contributed by atoms with Crippen LogP contribution in [0.4, 0.5) is 8.78 Å². The van der Waals surface area contributed by atoms with Gasteiger partial charge in [0.25, 0.3) is 0 Å². The van der Waals surface area contributed by atoms with Crippen LogP contribution in [0.5, 0.6) is 0 Å². The van der Waals surface area contributed by atoms with Crippen molar-refractivity contribution in [1.29, 1.82) is 0 Å². The predicted molar refractivity (Wildman–Crippen MR) is 68.4 cm³/mol. The Hall–Kier alpha value is -1.00. The van der Waals surface area contributed by atoms with E-state index in [4.69, 9.17) is 10.5 Å². The molecular formula is C14H21F2NO. The zero-order valence-electron chi connectivity index (χ0n) is 11.2. The minimum atomic E-state index is -0.561. The fourth-order valence-corrected chi connectivity index (χ4v) is 1.77. The third-order valence-electron chi connectivity index (χ3n) is 3.09. The van der Waals surface area contributed by atoms with Crippen molar-refractivity contribution >= 4 is 0 Å². The van der Waals surface area contributed by atoms with E-state index in [1.807, 2.05) is 13.8 Å². The summed E-state index contributed by atoms with van der Waals surface area (Å²) in [4.78, 5) is 0. The summed E-state index contributed by atoms with van der Waals surface area (Å²) in [6.07, 6.45) is 2.02. The van der Waals surface area contributed by atoms with Crippen molar-refractivity contribution < 1.29 is 13.5 Å². The lowest BCUT2D eigenvalue weighted by molar-refractivity contribution is 0.0125. The topological polar surface area (TPSA) is 35.2 Å². The molecule has 1 rings (SSSR count). The number of benzene rings is 1. The molecule has 0 saturated carbocycles. The Kier molecular flexibility index (Phi) is 5.23. The Morgan fingerprint density at radius 2 is 1.78 bits per heavy atom. The Morgan fingerprint density at radius 1 is 1.22 bits per heavy atom. The van der Waals surface area contributed by atoms with Gasteiger partial charge in [-0.1, -0.05) is 0 Å². The molecule has 1 unspecified atom stereocenters. The van der Waals surface area contributed by atoms with Crippen LogP contribution in [0.2, 0.25) is 0 Å². The van der Waals surface area contributed by atoms with E-state index in [0.29, 0.717) is 12.0 Å². The lowest BCUT2D eigenvalue weighted by Gasteiger charge is -2.24. The van der Waals surface area contributed by atoms with E-state index in [2.05, 4.69) is 0 Å². The third kappa shape index (κ3) is 5.10. The quantitative estimate of drug-likeness (QED) is 0.850. The van der Waals surface area contributed by atoms with Crippen LogP contribution in [-0.2, 0) is 11.2 Å². The Labute approximate surface area is 107 Å². The smallest absolute Gasteiger partial charge is 0.126 e. The second kappa shape index (κ2) is 6.25. The molecule has 102 valence electrons. The number of rotatable bonds is 6. The molecule has 1 aromatic carbocycles. The van der Waals surface area contributed by atoms with Gasteiger partial charge in [-0.15, -0.1) is 0 Å². The second-order valence-electron chi connectivity index (χ2n) is 5.24. The first-order valence-electron chi connectivity index (χ1n) is 6.08. The summed E-state index contributed by atoms with van der Waals surface area (Å²) in [5.74, 6) is -1.12. The fraction of sp³-hybridized carbons (Fsp3) is 0.571. The summed E-state index contributed by atoms with van der Waals surface area (Å²) in [6.45, 7) is 3.98. The van der Waals surface area contributed by atoms with Crippen molar-refractivity contribution in [2.24, 2.45) is 5.73 Å². The molecule has 0 radical (unpaired) electrons. The van der Waals surface area contributed by atoms with E-state index in [9.17, 15) is 8.78 Å². The summed E-state index contributed by atoms with van der Waals surface area (Å²) >= 11 is 0. The number of nitrogens with two attached hydrogens (primary N) is 1. The van der Waals surface area contributed by atoms with Crippen LogP contribution in [0.3, 0.4) is 0 Å². The molecule has 0 fully saturated rings. The van der Waals surface area contributed by atoms with Crippen LogP contribution in [0.25, 0.3) is 0 Å². The maximum atomic E-state index is 13.0. The van der Waals surface area contributed by atoms with E-state index in [-0.39, 0.29) is 11.6 Å². The van der Waals surface area contributed by atoms with Crippen molar-refractivity contribution in [2.75, 3.05) is 7.11 Å². The van der Waals surface area contributed by atoms with Gasteiger partial charge in [0.1, 0.15) is 11.6 Å². The number of ether oxygens (including phenoxy) is 1. The highest BCUT2D eigenvalue weighted by Gasteiger charge is 2.18. The van der Waals surface area contributed by atoms with Crippen molar-refractivity contribution in [1.82, 2.24) is 0 Å². The molecule has 0 bridgehead atoms. The minimum Gasteiger partial charge on any atom is -0.379 e. The van der Waals surface area contributed by atoms with Crippen molar-refractivity contribution in [3.05, 3.63) is 35.4 Å². The first-order chi connectivity index (χ1) is 8.32. The summed E-state index contributed by atoms with van der Waals surface area (Å²) in [7, 11) is 1.66. The van der Waals surface area contributed by atoms with Crippen LogP contribution in [0.15, 0.2) is 18.2 Å². The third-order valence-corrected chi connectivity index (χ3v) is 3.09. The standard InChI is InChI=1S/C14H21F2NO/c1-14(2,18-3)5-4-13(17)8-10-6-11(15)9-12(16)7-10/h6-7,9,13H,4-5,8,17H2,1-3H3. The molecule has 0 heterocycles. The maximum Gasteiger partial charge on any atom is 0.126 e. The second-order valence-corrected chi connectivity index (χ2v) is 5.24. The van der Waals surface area contributed by atoms with Crippen LogP contribution in [-0.4, -0.2) is 18.8 Å². The molecule has 18 heavy (non-hydrogen) atoms. The Balaban J connectivity index is 2.51. The van der Waals surface area contributed by atoms with Gasteiger partial charge in [0, 0.05) is 19.2 Å². The predicted octanol–water partition coefficient (Wildman–Crippen LogP) is 3.04. The van der Waals surface area contributed by atoms with Crippen molar-refractivity contribution in [3.63, 3.8) is 0 Å². The summed E-state index contributed by atoms with van der Waals surface area (Å²) in [5.41, 5.74) is 6.34. The molecule has 0 aliphatic rings. The van der Waals surface area contributed by atoms with Gasteiger partial charge in [0.2, 0.25) is 0 Å². The van der Waals surface area contributed by atoms with E-state index < -0.39 is 11.6 Å². The monoisotopic (exact) mass is 257 g/mol. The molecule has 2 nitrogen and oxygen atoms in total. The highest BCUT2D eigenvalue weighted by atomic mass is 19.1. The first kappa shape index (κ1) is 15.1. The van der Waals surface area contributed by atoms with Crippen LogP contribution in [0, 0.1) is 11.6 Å². The van der Waals surface area contributed by atoms with Crippen LogP contribution < -0.4 is 5.73 Å². The molecule has 1 aromatic rings. The van der Waals surface area contributed by atoms with Gasteiger partial charge < -0.3 is 10.5 Å². The van der Waals surface area contributed by atoms with E-state index in [1.54, 1.807) is 7.11 Å². The van der Waals surface area contributed by atoms with E-state index >= 15 is 0 Å². The van der Waals surface area contributed by atoms with Crippen LogP contribution in [0.1, 0.15) is 32.3 Å². The van der Waals surface area contributed by atoms with Crippen LogP contribution >= 0.6 is 0 Å². The van der Waals surface area contributed by atoms with Gasteiger partial charge in [0.15, 0.2) is 0 Å². The van der Waals surface area contributed by atoms with Crippen molar-refractivity contribution in [2.45, 2.75) is 44.8 Å². The average molecular weight is 257 g/mol. The van der Waals surface area contributed by atoms with Gasteiger partial charge in [0.05, 0.1) is 5.60 Å². The normalized spacial score (nSPS) is 13.7. The summed E-state index contributed by atoms with van der Waals surface area (Å²) < 4.78 is 31.3. The minimum absolute atomic E-state index is 0.124. The molecule has 0 spiro atoms. The number of hydrogen-bond donors (Lipinski definition) is 1. The molecular weight excluding hydrogens is 236 g/mol. The van der Waals surface area contributed by atoms with Gasteiger partial charge >= 0.3 is 0 Å². The Bertz CT molecular complexity index is 373. The number of halogens is 2. The van der Waals surface area contributed by atoms with E-state index in [0.717, 1.165) is 18.9 Å². The van der Waals surface area contributed by atoms with Gasteiger partial charge in [-0.2, -0.15) is 0 Å². The fourth-order valence-electron chi connectivity index (χ4n) is 1.77. The Morgan fingerprint density at radius 3 is 2.28 bits per heavy atom. The number of methoxy groups -OCH3 is 1. The molecule has 0 aromatic heterocycles. The van der Waals surface area contributed by atoms with Gasteiger partial charge in [-0.05, 0) is 50.8 Å². The van der Waals surface area contributed by atoms with Gasteiger partial charge in [-0.3, -0.25) is 0 Å². The zero-order chi connectivity index (χ0) is 13.8. The van der Waals surface area contributed by atoms with Gasteiger partial charge in [-0.25, -0.2) is 8.78 Å². The summed E-state index contributed by atoms with van der Waals surface area (Å²) in [6, 6.07) is 3.39. The molecule has 0 saturated heterocycles. The highest BCUT2D eigenvalue weighted by Crippen LogP contribution is 2.18. The van der Waals surface area contributed by atoms with Crippen molar-refractivity contribution in [3.8, 4) is 0 Å². The molecule has 1 atom stereocenters. The lowest BCUT2D eigenvalue weighted by atomic mass is 9.95. The maximum absolute atomic E-state index is 13.0. The average Bonchev–Trinajstić information content (AvgIpc) is 2.25. The molecule has 0 aliphatic heterocycles. The summed E-state index contributed by atoms with van der Waals surface area (Å²) in [5, 5.41) is 0. The highest BCUT2D eigenvalue weighted by molar-refractivity contribution is 5.18. The number of hydrogen-bond acceptors (Lipinski definition) is 2. The van der Waals surface area contributed by atoms with E-state index in [1.165, 1.54) is 12.1 Å². The largest absolute Gasteiger partial charge is 0.379 e. The first-order valence-corrected chi connectivity index (χ1v) is 6.08. The molecule has 2 N–H and O–H groups in total. The molecule has 4 heteroatoms. The molecule has 0 amide bonds. The zero-order valence-corrected chi connectivity index (χ0v) is 11.2. The lowest BCUT2D eigenvalue weighted by Crippen LogP contribution is -2.29.